The molecule has 1 aliphatic heterocycles. The average molecular weight is 475 g/mol. The number of amides is 1. The van der Waals surface area contributed by atoms with Gasteiger partial charge in [-0.1, -0.05) is 30.3 Å². The molecule has 1 amide bonds. The Hall–Kier alpha value is -3.65. The summed E-state index contributed by atoms with van der Waals surface area (Å²) in [6.45, 7) is 1.81. The molecule has 0 atom stereocenters. The van der Waals surface area contributed by atoms with Crippen LogP contribution in [0.3, 0.4) is 0 Å². The molecule has 0 saturated carbocycles. The van der Waals surface area contributed by atoms with Gasteiger partial charge in [-0.05, 0) is 55.2 Å². The van der Waals surface area contributed by atoms with Crippen LogP contribution in [0.5, 0.6) is 0 Å². The van der Waals surface area contributed by atoms with Crippen molar-refractivity contribution in [2.24, 2.45) is 5.10 Å². The van der Waals surface area contributed by atoms with Crippen molar-refractivity contribution < 1.29 is 9.72 Å². The van der Waals surface area contributed by atoms with Crippen LogP contribution in [0.15, 0.2) is 82.8 Å². The first kappa shape index (κ1) is 23.5. The third-order valence-electron chi connectivity index (χ3n) is 5.65. The fraction of sp³-hybridized carbons (Fsp3) is 0.231. The highest BCUT2D eigenvalue weighted by Gasteiger charge is 2.17. The standard InChI is InChI=1S/C26H26N4O3S/c31-26(21-11-9-20(10-12-21)19-34-24-7-3-1-4-8-24)28-27-18-22-17-23(30(32)33)13-14-25(22)29-15-5-2-6-16-29/h1,3-4,7-14,17-18H,2,5-6,15-16,19H2,(H,28,31)/b27-18-. The Kier molecular flexibility index (Phi) is 7.93. The molecule has 4 rings (SSSR count). The van der Waals surface area contributed by atoms with Gasteiger partial charge in [0.25, 0.3) is 11.6 Å². The second-order valence-corrected chi connectivity index (χ2v) is 9.09. The maximum atomic E-state index is 12.5. The number of nitro benzene ring substituents is 1. The van der Waals surface area contributed by atoms with E-state index in [0.717, 1.165) is 42.9 Å². The predicted molar refractivity (Wildman–Crippen MR) is 137 cm³/mol. The second-order valence-electron chi connectivity index (χ2n) is 8.05. The smallest absolute Gasteiger partial charge is 0.271 e. The number of benzene rings is 3. The van der Waals surface area contributed by atoms with Gasteiger partial charge >= 0.3 is 0 Å². The lowest BCUT2D eigenvalue weighted by molar-refractivity contribution is -0.384. The lowest BCUT2D eigenvalue weighted by Crippen LogP contribution is -2.30. The van der Waals surface area contributed by atoms with Gasteiger partial charge in [0.05, 0.1) is 11.1 Å². The van der Waals surface area contributed by atoms with E-state index in [1.807, 2.05) is 30.3 Å². The summed E-state index contributed by atoms with van der Waals surface area (Å²) in [5.41, 5.74) is 5.67. The number of nitrogens with one attached hydrogen (secondary N) is 1. The second kappa shape index (κ2) is 11.5. The highest BCUT2D eigenvalue weighted by atomic mass is 32.2. The Morgan fingerprint density at radius 1 is 1.03 bits per heavy atom. The van der Waals surface area contributed by atoms with Crippen LogP contribution in [0.2, 0.25) is 0 Å². The van der Waals surface area contributed by atoms with Crippen molar-refractivity contribution in [2.45, 2.75) is 29.9 Å². The Labute approximate surface area is 203 Å². The zero-order valence-corrected chi connectivity index (χ0v) is 19.5. The molecule has 0 unspecified atom stereocenters. The fourth-order valence-electron chi connectivity index (χ4n) is 3.84. The molecule has 1 heterocycles. The van der Waals surface area contributed by atoms with Crippen molar-refractivity contribution in [3.63, 3.8) is 0 Å². The highest BCUT2D eigenvalue weighted by Crippen LogP contribution is 2.27. The van der Waals surface area contributed by atoms with Crippen molar-refractivity contribution >= 4 is 35.3 Å². The van der Waals surface area contributed by atoms with Crippen molar-refractivity contribution in [3.8, 4) is 0 Å². The van der Waals surface area contributed by atoms with Gasteiger partial charge in [-0.2, -0.15) is 5.10 Å². The van der Waals surface area contributed by atoms with Crippen LogP contribution in [0.4, 0.5) is 11.4 Å². The highest BCUT2D eigenvalue weighted by molar-refractivity contribution is 7.98. The van der Waals surface area contributed by atoms with Gasteiger partial charge in [-0.3, -0.25) is 14.9 Å². The zero-order valence-electron chi connectivity index (χ0n) is 18.7. The number of rotatable bonds is 8. The van der Waals surface area contributed by atoms with Crippen LogP contribution in [0.1, 0.15) is 40.7 Å². The summed E-state index contributed by atoms with van der Waals surface area (Å²) in [6.07, 6.45) is 4.85. The number of nitrogens with zero attached hydrogens (tertiary/aromatic N) is 3. The number of nitro groups is 1. The molecule has 174 valence electrons. The number of anilines is 1. The third kappa shape index (κ3) is 6.23. The van der Waals surface area contributed by atoms with E-state index < -0.39 is 4.92 Å². The first-order valence-corrected chi connectivity index (χ1v) is 12.2. The number of hydrazone groups is 1. The molecule has 1 saturated heterocycles. The zero-order chi connectivity index (χ0) is 23.8. The maximum absolute atomic E-state index is 12.5. The van der Waals surface area contributed by atoms with Gasteiger partial charge in [0.2, 0.25) is 0 Å². The number of carbonyl (C=O) groups is 1. The van der Waals surface area contributed by atoms with Crippen LogP contribution in [-0.2, 0) is 5.75 Å². The van der Waals surface area contributed by atoms with E-state index in [-0.39, 0.29) is 11.6 Å². The molecule has 1 N–H and O–H groups in total. The van der Waals surface area contributed by atoms with Gasteiger partial charge in [0, 0.05) is 52.7 Å². The lowest BCUT2D eigenvalue weighted by atomic mass is 10.1. The third-order valence-corrected chi connectivity index (χ3v) is 6.74. The minimum atomic E-state index is -0.423. The van der Waals surface area contributed by atoms with Crippen molar-refractivity contribution in [1.29, 1.82) is 0 Å². The van der Waals surface area contributed by atoms with E-state index in [2.05, 4.69) is 27.6 Å². The van der Waals surface area contributed by atoms with E-state index in [9.17, 15) is 14.9 Å². The van der Waals surface area contributed by atoms with Crippen LogP contribution >= 0.6 is 11.8 Å². The topological polar surface area (TPSA) is 87.8 Å². The first-order valence-electron chi connectivity index (χ1n) is 11.2. The van der Waals surface area contributed by atoms with E-state index in [0.29, 0.717) is 11.1 Å². The Balaban J connectivity index is 1.40. The molecular formula is C26H26N4O3S. The van der Waals surface area contributed by atoms with Gasteiger partial charge in [-0.15, -0.1) is 11.8 Å². The molecule has 0 bridgehead atoms. The van der Waals surface area contributed by atoms with E-state index in [1.54, 1.807) is 30.0 Å². The average Bonchev–Trinajstić information content (AvgIpc) is 2.88. The van der Waals surface area contributed by atoms with Crippen LogP contribution < -0.4 is 10.3 Å². The molecule has 0 aromatic heterocycles. The van der Waals surface area contributed by atoms with Crippen molar-refractivity contribution in [3.05, 3.63) is 99.6 Å². The molecule has 0 spiro atoms. The Morgan fingerprint density at radius 2 is 1.76 bits per heavy atom. The normalized spacial score (nSPS) is 13.7. The number of non-ortho nitro benzene ring substituents is 1. The number of carbonyl (C=O) groups excluding carboxylic acids is 1. The summed E-state index contributed by atoms with van der Waals surface area (Å²) < 4.78 is 0. The summed E-state index contributed by atoms with van der Waals surface area (Å²) in [5.74, 6) is 0.485. The molecule has 3 aromatic rings. The summed E-state index contributed by atoms with van der Waals surface area (Å²) in [5, 5.41) is 15.3. The first-order chi connectivity index (χ1) is 16.6. The van der Waals surface area contributed by atoms with Gasteiger partial charge in [-0.25, -0.2) is 5.43 Å². The fourth-order valence-corrected chi connectivity index (χ4v) is 4.72. The van der Waals surface area contributed by atoms with Crippen LogP contribution in [0.25, 0.3) is 0 Å². The summed E-state index contributed by atoms with van der Waals surface area (Å²) >= 11 is 1.74. The summed E-state index contributed by atoms with van der Waals surface area (Å²) in [7, 11) is 0. The monoisotopic (exact) mass is 474 g/mol. The van der Waals surface area contributed by atoms with Gasteiger partial charge < -0.3 is 4.90 Å². The summed E-state index contributed by atoms with van der Waals surface area (Å²) in [6, 6.07) is 22.4. The molecule has 3 aromatic carbocycles. The number of hydrogen-bond acceptors (Lipinski definition) is 6. The van der Waals surface area contributed by atoms with E-state index >= 15 is 0 Å². The Bertz CT molecular complexity index is 1160. The van der Waals surface area contributed by atoms with E-state index in [1.165, 1.54) is 29.7 Å². The minimum absolute atomic E-state index is 0.00232. The molecule has 1 fully saturated rings. The molecule has 0 aliphatic carbocycles. The molecule has 34 heavy (non-hydrogen) atoms. The quantitative estimate of drug-likeness (QED) is 0.198. The van der Waals surface area contributed by atoms with Crippen molar-refractivity contribution in [1.82, 2.24) is 5.43 Å². The Morgan fingerprint density at radius 3 is 2.47 bits per heavy atom. The predicted octanol–water partition coefficient (Wildman–Crippen LogP) is 5.64. The number of hydrogen-bond donors (Lipinski definition) is 1. The van der Waals surface area contributed by atoms with Crippen molar-refractivity contribution in [2.75, 3.05) is 18.0 Å². The molecular weight excluding hydrogens is 448 g/mol. The minimum Gasteiger partial charge on any atom is -0.371 e. The van der Waals surface area contributed by atoms with Crippen LogP contribution in [0, 0.1) is 10.1 Å². The molecule has 7 nitrogen and oxygen atoms in total. The largest absolute Gasteiger partial charge is 0.371 e. The van der Waals surface area contributed by atoms with Gasteiger partial charge in [0.1, 0.15) is 0 Å². The number of thioether (sulfide) groups is 1. The number of piperidine rings is 1. The van der Waals surface area contributed by atoms with Gasteiger partial charge in [0.15, 0.2) is 0 Å². The SMILES string of the molecule is O=C(N/N=C\c1cc([N+](=O)[O-])ccc1N1CCCCC1)c1ccc(CSc2ccccc2)cc1. The van der Waals surface area contributed by atoms with E-state index in [4.69, 9.17) is 0 Å². The molecule has 8 heteroatoms. The molecule has 1 aliphatic rings. The maximum Gasteiger partial charge on any atom is 0.271 e. The molecule has 0 radical (unpaired) electrons. The van der Waals surface area contributed by atoms with Crippen LogP contribution in [-0.4, -0.2) is 30.1 Å². The lowest BCUT2D eigenvalue weighted by Gasteiger charge is -2.29. The summed E-state index contributed by atoms with van der Waals surface area (Å²) in [4.78, 5) is 26.8.